The van der Waals surface area contributed by atoms with Crippen molar-refractivity contribution in [2.24, 2.45) is 0 Å². The standard InChI is InChI=1S/C9H9BrN4O2S/c1-2-16-8(15)6-7(11)14(4-13-6)9-12-3-5(10)17-9/h3-4H,2,11H2,1H3. The van der Waals surface area contributed by atoms with Gasteiger partial charge in [0.05, 0.1) is 16.6 Å². The van der Waals surface area contributed by atoms with E-state index in [1.807, 2.05) is 0 Å². The van der Waals surface area contributed by atoms with Crippen molar-refractivity contribution in [3.05, 3.63) is 22.0 Å². The number of nitrogen functional groups attached to an aromatic ring is 1. The Bertz CT molecular complexity index is 551. The first-order valence-corrected chi connectivity index (χ1v) is 6.36. The van der Waals surface area contributed by atoms with E-state index in [4.69, 9.17) is 10.5 Å². The average molecular weight is 317 g/mol. The molecule has 2 heterocycles. The quantitative estimate of drug-likeness (QED) is 0.874. The van der Waals surface area contributed by atoms with Gasteiger partial charge in [0, 0.05) is 0 Å². The number of thiazole rings is 1. The fourth-order valence-corrected chi connectivity index (χ4v) is 2.39. The first-order chi connectivity index (χ1) is 8.13. The molecule has 6 nitrogen and oxygen atoms in total. The molecule has 2 aromatic heterocycles. The summed E-state index contributed by atoms with van der Waals surface area (Å²) in [5.41, 5.74) is 5.94. The molecule has 0 aliphatic carbocycles. The minimum atomic E-state index is -0.528. The number of carbonyl (C=O) groups is 1. The van der Waals surface area contributed by atoms with Gasteiger partial charge in [-0.25, -0.2) is 14.8 Å². The fraction of sp³-hybridized carbons (Fsp3) is 0.222. The van der Waals surface area contributed by atoms with Gasteiger partial charge in [-0.1, -0.05) is 11.3 Å². The number of halogens is 1. The molecule has 0 radical (unpaired) electrons. The van der Waals surface area contributed by atoms with Crippen LogP contribution in [-0.2, 0) is 4.74 Å². The van der Waals surface area contributed by atoms with E-state index in [-0.39, 0.29) is 18.1 Å². The fourth-order valence-electron chi connectivity index (χ4n) is 1.22. The van der Waals surface area contributed by atoms with Gasteiger partial charge in [-0.05, 0) is 22.9 Å². The lowest BCUT2D eigenvalue weighted by molar-refractivity contribution is 0.0521. The van der Waals surface area contributed by atoms with Crippen LogP contribution in [0.3, 0.4) is 0 Å². The molecule has 0 bridgehead atoms. The summed E-state index contributed by atoms with van der Waals surface area (Å²) in [5.74, 6) is -0.301. The number of ether oxygens (including phenoxy) is 1. The molecule has 0 aliphatic heterocycles. The lowest BCUT2D eigenvalue weighted by Gasteiger charge is -2.01. The van der Waals surface area contributed by atoms with Gasteiger partial charge in [-0.3, -0.25) is 4.57 Å². The van der Waals surface area contributed by atoms with E-state index in [0.717, 1.165) is 3.79 Å². The van der Waals surface area contributed by atoms with E-state index in [0.29, 0.717) is 5.13 Å². The third-order valence-electron chi connectivity index (χ3n) is 1.94. The Labute approximate surface area is 110 Å². The van der Waals surface area contributed by atoms with Crippen LogP contribution >= 0.6 is 27.3 Å². The molecule has 2 rings (SSSR count). The number of anilines is 1. The first-order valence-electron chi connectivity index (χ1n) is 4.75. The Balaban J connectivity index is 2.36. The average Bonchev–Trinajstić information content (AvgIpc) is 2.85. The maximum Gasteiger partial charge on any atom is 0.360 e. The van der Waals surface area contributed by atoms with Crippen LogP contribution in [0.5, 0.6) is 0 Å². The molecule has 17 heavy (non-hydrogen) atoms. The molecule has 90 valence electrons. The molecule has 0 amide bonds. The van der Waals surface area contributed by atoms with Crippen LogP contribution in [0.2, 0.25) is 0 Å². The Morgan fingerprint density at radius 1 is 1.65 bits per heavy atom. The number of aromatic nitrogens is 3. The molecule has 8 heteroatoms. The summed E-state index contributed by atoms with van der Waals surface area (Å²) in [6, 6.07) is 0. The predicted octanol–water partition coefficient (Wildman–Crippen LogP) is 1.85. The summed E-state index contributed by atoms with van der Waals surface area (Å²) in [6.07, 6.45) is 3.11. The van der Waals surface area contributed by atoms with Crippen molar-refractivity contribution in [2.75, 3.05) is 12.3 Å². The third-order valence-corrected chi connectivity index (χ3v) is 3.42. The zero-order valence-electron chi connectivity index (χ0n) is 8.88. The minimum Gasteiger partial charge on any atom is -0.461 e. The number of esters is 1. The smallest absolute Gasteiger partial charge is 0.360 e. The van der Waals surface area contributed by atoms with Crippen LogP contribution in [0.1, 0.15) is 17.4 Å². The van der Waals surface area contributed by atoms with Crippen LogP contribution < -0.4 is 5.73 Å². The molecule has 0 aromatic carbocycles. The van der Waals surface area contributed by atoms with Crippen molar-refractivity contribution in [3.8, 4) is 5.13 Å². The number of nitrogens with zero attached hydrogens (tertiary/aromatic N) is 3. The van der Waals surface area contributed by atoms with Gasteiger partial charge in [0.1, 0.15) is 12.1 Å². The van der Waals surface area contributed by atoms with Crippen molar-refractivity contribution in [1.29, 1.82) is 0 Å². The molecule has 2 N–H and O–H groups in total. The van der Waals surface area contributed by atoms with E-state index in [9.17, 15) is 4.79 Å². The molecule has 0 saturated carbocycles. The molecular formula is C9H9BrN4O2S. The van der Waals surface area contributed by atoms with E-state index in [1.54, 1.807) is 17.7 Å². The second kappa shape index (κ2) is 4.84. The summed E-state index contributed by atoms with van der Waals surface area (Å²) < 4.78 is 7.26. The Hall–Kier alpha value is -1.41. The summed E-state index contributed by atoms with van der Waals surface area (Å²) in [7, 11) is 0. The number of hydrogen-bond acceptors (Lipinski definition) is 6. The lowest BCUT2D eigenvalue weighted by Crippen LogP contribution is -2.09. The van der Waals surface area contributed by atoms with Crippen molar-refractivity contribution in [1.82, 2.24) is 14.5 Å². The number of imidazole rings is 1. The summed E-state index contributed by atoms with van der Waals surface area (Å²) in [6.45, 7) is 2.01. The van der Waals surface area contributed by atoms with Crippen LogP contribution in [0.15, 0.2) is 16.3 Å². The second-order valence-electron chi connectivity index (χ2n) is 3.02. The Morgan fingerprint density at radius 3 is 3.00 bits per heavy atom. The molecule has 0 aliphatic rings. The highest BCUT2D eigenvalue weighted by molar-refractivity contribution is 9.11. The van der Waals surface area contributed by atoms with Gasteiger partial charge < -0.3 is 10.5 Å². The third kappa shape index (κ3) is 2.32. The van der Waals surface area contributed by atoms with Crippen molar-refractivity contribution in [2.45, 2.75) is 6.92 Å². The SMILES string of the molecule is CCOC(=O)c1ncn(-c2ncc(Br)s2)c1N. The normalized spacial score (nSPS) is 10.5. The van der Waals surface area contributed by atoms with Crippen molar-refractivity contribution < 1.29 is 9.53 Å². The zero-order valence-corrected chi connectivity index (χ0v) is 11.3. The monoisotopic (exact) mass is 316 g/mol. The van der Waals surface area contributed by atoms with E-state index < -0.39 is 5.97 Å². The highest BCUT2D eigenvalue weighted by Crippen LogP contribution is 2.25. The van der Waals surface area contributed by atoms with Gasteiger partial charge >= 0.3 is 5.97 Å². The molecule has 0 atom stereocenters. The van der Waals surface area contributed by atoms with Crippen LogP contribution in [0, 0.1) is 0 Å². The second-order valence-corrected chi connectivity index (χ2v) is 5.40. The highest BCUT2D eigenvalue weighted by atomic mass is 79.9. The Kier molecular flexibility index (Phi) is 3.43. The summed E-state index contributed by atoms with van der Waals surface area (Å²) in [5, 5.41) is 0.637. The first kappa shape index (κ1) is 12.1. The van der Waals surface area contributed by atoms with E-state index in [1.165, 1.54) is 17.7 Å². The van der Waals surface area contributed by atoms with Crippen LogP contribution in [0.4, 0.5) is 5.82 Å². The van der Waals surface area contributed by atoms with Gasteiger partial charge in [-0.15, -0.1) is 0 Å². The Morgan fingerprint density at radius 2 is 2.41 bits per heavy atom. The minimum absolute atomic E-state index is 0.109. The molecule has 2 aromatic rings. The van der Waals surface area contributed by atoms with Gasteiger partial charge in [0.15, 0.2) is 10.8 Å². The number of hydrogen-bond donors (Lipinski definition) is 1. The van der Waals surface area contributed by atoms with Crippen molar-refractivity contribution >= 4 is 39.1 Å². The predicted molar refractivity (Wildman–Crippen MR) is 67.3 cm³/mol. The highest BCUT2D eigenvalue weighted by Gasteiger charge is 2.18. The number of rotatable bonds is 3. The molecular weight excluding hydrogens is 308 g/mol. The maximum absolute atomic E-state index is 11.5. The molecule has 0 fully saturated rings. The molecule has 0 saturated heterocycles. The lowest BCUT2D eigenvalue weighted by atomic mass is 10.4. The van der Waals surface area contributed by atoms with Gasteiger partial charge in [0.2, 0.25) is 0 Å². The molecule has 0 unspecified atom stereocenters. The summed E-state index contributed by atoms with van der Waals surface area (Å²) >= 11 is 4.69. The van der Waals surface area contributed by atoms with E-state index >= 15 is 0 Å². The van der Waals surface area contributed by atoms with E-state index in [2.05, 4.69) is 25.9 Å². The zero-order chi connectivity index (χ0) is 12.4. The maximum atomic E-state index is 11.5. The summed E-state index contributed by atoms with van der Waals surface area (Å²) in [4.78, 5) is 19.6. The van der Waals surface area contributed by atoms with Crippen molar-refractivity contribution in [3.63, 3.8) is 0 Å². The van der Waals surface area contributed by atoms with Crippen LogP contribution in [-0.4, -0.2) is 27.1 Å². The topological polar surface area (TPSA) is 83.0 Å². The number of carbonyl (C=O) groups excluding carboxylic acids is 1. The van der Waals surface area contributed by atoms with Gasteiger partial charge in [-0.2, -0.15) is 0 Å². The van der Waals surface area contributed by atoms with Gasteiger partial charge in [0.25, 0.3) is 0 Å². The molecule has 0 spiro atoms. The van der Waals surface area contributed by atoms with Crippen LogP contribution in [0.25, 0.3) is 5.13 Å². The number of nitrogens with two attached hydrogens (primary N) is 1. The largest absolute Gasteiger partial charge is 0.461 e.